The summed E-state index contributed by atoms with van der Waals surface area (Å²) in [5, 5.41) is 8.78. The molecule has 2 rings (SSSR count). The first-order valence-electron chi connectivity index (χ1n) is 5.85. The minimum absolute atomic E-state index is 0.221. The fourth-order valence-electron chi connectivity index (χ4n) is 2.44. The second-order valence-corrected chi connectivity index (χ2v) is 4.73. The molecule has 1 aliphatic heterocycles. The lowest BCUT2D eigenvalue weighted by Gasteiger charge is -2.33. The monoisotopic (exact) mass is 240 g/mol. The molecule has 2 aliphatic rings. The summed E-state index contributed by atoms with van der Waals surface area (Å²) in [6.45, 7) is 0.509. The maximum absolute atomic E-state index is 12.0. The van der Waals surface area contributed by atoms with E-state index in [1.807, 2.05) is 0 Å². The number of carbonyl (C=O) groups excluding carboxylic acids is 2. The SMILES string of the molecule is NC(=O)C1CCCCN1C(=O)[C@@H]1C[C@@H]1C(=O)O. The Kier molecular flexibility index (Phi) is 3.04. The summed E-state index contributed by atoms with van der Waals surface area (Å²) in [5.74, 6) is -2.67. The molecule has 94 valence electrons. The van der Waals surface area contributed by atoms with E-state index in [-0.39, 0.29) is 5.91 Å². The molecule has 3 N–H and O–H groups in total. The van der Waals surface area contributed by atoms with Crippen LogP contribution in [0.4, 0.5) is 0 Å². The second kappa shape index (κ2) is 4.35. The van der Waals surface area contributed by atoms with Crippen molar-refractivity contribution in [3.05, 3.63) is 0 Å². The third-order valence-corrected chi connectivity index (χ3v) is 3.54. The van der Waals surface area contributed by atoms with Gasteiger partial charge < -0.3 is 15.7 Å². The summed E-state index contributed by atoms with van der Waals surface area (Å²) in [6.07, 6.45) is 2.70. The summed E-state index contributed by atoms with van der Waals surface area (Å²) >= 11 is 0. The van der Waals surface area contributed by atoms with Crippen LogP contribution < -0.4 is 5.73 Å². The molecule has 0 bridgehead atoms. The fourth-order valence-corrected chi connectivity index (χ4v) is 2.44. The van der Waals surface area contributed by atoms with Gasteiger partial charge in [-0.25, -0.2) is 0 Å². The zero-order chi connectivity index (χ0) is 12.6. The van der Waals surface area contributed by atoms with E-state index in [0.717, 1.165) is 12.8 Å². The van der Waals surface area contributed by atoms with Gasteiger partial charge in [-0.2, -0.15) is 0 Å². The quantitative estimate of drug-likeness (QED) is 0.699. The molecule has 2 fully saturated rings. The topological polar surface area (TPSA) is 101 Å². The Hall–Kier alpha value is -1.59. The van der Waals surface area contributed by atoms with Gasteiger partial charge in [-0.3, -0.25) is 14.4 Å². The molecule has 0 aromatic rings. The van der Waals surface area contributed by atoms with Crippen molar-refractivity contribution in [2.45, 2.75) is 31.7 Å². The van der Waals surface area contributed by atoms with Gasteiger partial charge in [0, 0.05) is 6.54 Å². The molecule has 0 aromatic carbocycles. The summed E-state index contributed by atoms with van der Waals surface area (Å²) in [5.41, 5.74) is 5.26. The van der Waals surface area contributed by atoms with Gasteiger partial charge in [-0.05, 0) is 25.7 Å². The highest BCUT2D eigenvalue weighted by Crippen LogP contribution is 2.41. The average molecular weight is 240 g/mol. The molecule has 6 heteroatoms. The molecule has 1 unspecified atom stereocenters. The number of rotatable bonds is 3. The molecule has 0 radical (unpaired) electrons. The average Bonchev–Trinajstić information content (AvgIpc) is 3.08. The van der Waals surface area contributed by atoms with Gasteiger partial charge in [0.15, 0.2) is 0 Å². The zero-order valence-electron chi connectivity index (χ0n) is 9.46. The normalized spacial score (nSPS) is 32.0. The largest absolute Gasteiger partial charge is 0.481 e. The molecule has 2 amide bonds. The van der Waals surface area contributed by atoms with E-state index < -0.39 is 29.8 Å². The number of aliphatic carboxylic acids is 1. The Morgan fingerprint density at radius 3 is 2.41 bits per heavy atom. The van der Waals surface area contributed by atoms with Crippen LogP contribution in [-0.2, 0) is 14.4 Å². The lowest BCUT2D eigenvalue weighted by molar-refractivity contribution is -0.145. The van der Waals surface area contributed by atoms with Gasteiger partial charge in [0.25, 0.3) is 0 Å². The number of primary amides is 1. The minimum atomic E-state index is -0.934. The summed E-state index contributed by atoms with van der Waals surface area (Å²) in [4.78, 5) is 35.5. The Bertz CT molecular complexity index is 368. The number of carbonyl (C=O) groups is 3. The zero-order valence-corrected chi connectivity index (χ0v) is 9.46. The van der Waals surface area contributed by atoms with Crippen molar-refractivity contribution < 1.29 is 19.5 Å². The van der Waals surface area contributed by atoms with Gasteiger partial charge in [0.1, 0.15) is 6.04 Å². The van der Waals surface area contributed by atoms with Gasteiger partial charge in [0.2, 0.25) is 11.8 Å². The Morgan fingerprint density at radius 1 is 1.18 bits per heavy atom. The Balaban J connectivity index is 2.03. The van der Waals surface area contributed by atoms with Crippen LogP contribution in [-0.4, -0.2) is 40.4 Å². The van der Waals surface area contributed by atoms with Crippen LogP contribution in [0.2, 0.25) is 0 Å². The van der Waals surface area contributed by atoms with E-state index in [1.54, 1.807) is 0 Å². The predicted molar refractivity (Wildman–Crippen MR) is 57.8 cm³/mol. The van der Waals surface area contributed by atoms with Crippen LogP contribution in [0, 0.1) is 11.8 Å². The van der Waals surface area contributed by atoms with Crippen molar-refractivity contribution in [3.63, 3.8) is 0 Å². The second-order valence-electron chi connectivity index (χ2n) is 4.73. The molecular weight excluding hydrogens is 224 g/mol. The van der Waals surface area contributed by atoms with Crippen molar-refractivity contribution in [2.24, 2.45) is 17.6 Å². The first kappa shape index (κ1) is 11.9. The molecule has 6 nitrogen and oxygen atoms in total. The third kappa shape index (κ3) is 2.25. The summed E-state index contributed by atoms with van der Waals surface area (Å²) < 4.78 is 0. The van der Waals surface area contributed by atoms with E-state index in [1.165, 1.54) is 4.90 Å². The molecule has 1 saturated carbocycles. The van der Waals surface area contributed by atoms with Crippen LogP contribution in [0.25, 0.3) is 0 Å². The van der Waals surface area contributed by atoms with Crippen molar-refractivity contribution in [1.82, 2.24) is 4.90 Å². The predicted octanol–water partition coefficient (Wildman–Crippen LogP) is -0.427. The van der Waals surface area contributed by atoms with E-state index in [2.05, 4.69) is 0 Å². The van der Waals surface area contributed by atoms with Crippen molar-refractivity contribution in [1.29, 1.82) is 0 Å². The fraction of sp³-hybridized carbons (Fsp3) is 0.727. The molecule has 0 spiro atoms. The minimum Gasteiger partial charge on any atom is -0.481 e. The molecular formula is C11H16N2O4. The van der Waals surface area contributed by atoms with Crippen LogP contribution in [0.1, 0.15) is 25.7 Å². The number of hydrogen-bond acceptors (Lipinski definition) is 3. The number of carboxylic acids is 1. The lowest BCUT2D eigenvalue weighted by atomic mass is 10.0. The number of likely N-dealkylation sites (tertiary alicyclic amines) is 1. The van der Waals surface area contributed by atoms with Crippen molar-refractivity contribution in [2.75, 3.05) is 6.54 Å². The van der Waals surface area contributed by atoms with Gasteiger partial charge in [-0.1, -0.05) is 0 Å². The van der Waals surface area contributed by atoms with Crippen LogP contribution in [0.5, 0.6) is 0 Å². The van der Waals surface area contributed by atoms with E-state index in [4.69, 9.17) is 10.8 Å². The smallest absolute Gasteiger partial charge is 0.307 e. The number of piperidine rings is 1. The van der Waals surface area contributed by atoms with Crippen molar-refractivity contribution >= 4 is 17.8 Å². The molecule has 1 saturated heterocycles. The maximum atomic E-state index is 12.0. The Morgan fingerprint density at radius 2 is 1.88 bits per heavy atom. The van der Waals surface area contributed by atoms with Gasteiger partial charge in [0.05, 0.1) is 11.8 Å². The van der Waals surface area contributed by atoms with Crippen LogP contribution in [0.15, 0.2) is 0 Å². The summed E-state index contributed by atoms with van der Waals surface area (Å²) in [7, 11) is 0. The highest BCUT2D eigenvalue weighted by atomic mass is 16.4. The highest BCUT2D eigenvalue weighted by molar-refractivity contribution is 5.93. The number of carboxylic acid groups (broad SMARTS) is 1. The number of nitrogens with zero attached hydrogens (tertiary/aromatic N) is 1. The first-order valence-corrected chi connectivity index (χ1v) is 5.85. The molecule has 1 aliphatic carbocycles. The molecule has 17 heavy (non-hydrogen) atoms. The Labute approximate surface area is 98.8 Å². The maximum Gasteiger partial charge on any atom is 0.307 e. The van der Waals surface area contributed by atoms with E-state index >= 15 is 0 Å². The standard InChI is InChI=1S/C11H16N2O4/c12-9(14)8-3-1-2-4-13(8)10(15)6-5-7(6)11(16)17/h6-8H,1-5H2,(H2,12,14)(H,16,17)/t6-,7+,8?/m1/s1. The number of nitrogens with two attached hydrogens (primary N) is 1. The molecule has 3 atom stereocenters. The summed E-state index contributed by atoms with van der Waals surface area (Å²) in [6, 6.07) is -0.550. The number of hydrogen-bond donors (Lipinski definition) is 2. The first-order chi connectivity index (χ1) is 8.02. The number of amides is 2. The van der Waals surface area contributed by atoms with Crippen molar-refractivity contribution in [3.8, 4) is 0 Å². The highest BCUT2D eigenvalue weighted by Gasteiger charge is 2.51. The van der Waals surface area contributed by atoms with Crippen LogP contribution >= 0.6 is 0 Å². The van der Waals surface area contributed by atoms with E-state index in [9.17, 15) is 14.4 Å². The van der Waals surface area contributed by atoms with Gasteiger partial charge in [-0.15, -0.1) is 0 Å². The van der Waals surface area contributed by atoms with Gasteiger partial charge >= 0.3 is 5.97 Å². The lowest BCUT2D eigenvalue weighted by Crippen LogP contribution is -2.51. The van der Waals surface area contributed by atoms with E-state index in [0.29, 0.717) is 19.4 Å². The molecule has 1 heterocycles. The third-order valence-electron chi connectivity index (χ3n) is 3.54. The van der Waals surface area contributed by atoms with Crippen LogP contribution in [0.3, 0.4) is 0 Å². The molecule has 0 aromatic heterocycles.